The third-order valence-corrected chi connectivity index (χ3v) is 5.23. The molecule has 1 aliphatic rings. The van der Waals surface area contributed by atoms with Crippen molar-refractivity contribution in [3.63, 3.8) is 0 Å². The van der Waals surface area contributed by atoms with Gasteiger partial charge in [0, 0.05) is 5.56 Å². The van der Waals surface area contributed by atoms with Crippen LogP contribution in [0.15, 0.2) is 48.5 Å². The monoisotopic (exact) mass is 342 g/mol. The van der Waals surface area contributed by atoms with Crippen molar-refractivity contribution in [3.05, 3.63) is 65.2 Å². The third kappa shape index (κ3) is 3.08. The molecule has 0 amide bonds. The van der Waals surface area contributed by atoms with Gasteiger partial charge in [0.05, 0.1) is 0 Å². The van der Waals surface area contributed by atoms with Crippen molar-refractivity contribution < 1.29 is 9.59 Å². The van der Waals surface area contributed by atoms with E-state index < -0.39 is 11.6 Å². The summed E-state index contributed by atoms with van der Waals surface area (Å²) in [5.74, 6) is -0.850. The van der Waals surface area contributed by atoms with Crippen LogP contribution in [0.5, 0.6) is 0 Å². The molecule has 1 aliphatic carbocycles. The van der Waals surface area contributed by atoms with Gasteiger partial charge in [0.1, 0.15) is 0 Å². The molecular weight excluding hydrogens is 320 g/mol. The Morgan fingerprint density at radius 3 is 2.35 bits per heavy atom. The first-order valence-corrected chi connectivity index (χ1v) is 9.43. The number of rotatable bonds is 5. The fourth-order valence-corrected chi connectivity index (χ4v) is 3.74. The van der Waals surface area contributed by atoms with Gasteiger partial charge >= 0.3 is 0 Å². The summed E-state index contributed by atoms with van der Waals surface area (Å²) >= 11 is 0. The molecule has 0 N–H and O–H groups in total. The van der Waals surface area contributed by atoms with Crippen LogP contribution >= 0.6 is 0 Å². The Labute approximate surface area is 153 Å². The molecule has 0 bridgehead atoms. The molecule has 2 heteroatoms. The molecule has 4 rings (SSSR count). The highest BCUT2D eigenvalue weighted by Gasteiger charge is 2.21. The van der Waals surface area contributed by atoms with Crippen LogP contribution in [0.1, 0.15) is 54.1 Å². The molecule has 130 valence electrons. The maximum Gasteiger partial charge on any atom is 0.233 e. The van der Waals surface area contributed by atoms with E-state index in [9.17, 15) is 9.59 Å². The number of carbonyl (C=O) groups is 2. The van der Waals surface area contributed by atoms with E-state index in [1.54, 1.807) is 6.08 Å². The molecule has 0 aliphatic heterocycles. The van der Waals surface area contributed by atoms with Crippen LogP contribution in [-0.4, -0.2) is 11.6 Å². The van der Waals surface area contributed by atoms with Crippen molar-refractivity contribution in [2.75, 3.05) is 0 Å². The first-order valence-electron chi connectivity index (χ1n) is 9.43. The number of benzene rings is 3. The lowest BCUT2D eigenvalue weighted by Gasteiger charge is -2.11. The molecular formula is C24H22O2. The molecule has 0 saturated heterocycles. The van der Waals surface area contributed by atoms with Gasteiger partial charge in [-0.1, -0.05) is 50.5 Å². The number of hydrogen-bond acceptors (Lipinski definition) is 2. The minimum atomic E-state index is -0.439. The summed E-state index contributed by atoms with van der Waals surface area (Å²) in [6, 6.07) is 14.8. The van der Waals surface area contributed by atoms with Gasteiger partial charge in [-0.3, -0.25) is 9.59 Å². The number of allylic oxidation sites excluding steroid dienone is 1. The molecule has 0 heterocycles. The minimum Gasteiger partial charge on any atom is -0.286 e. The topological polar surface area (TPSA) is 34.1 Å². The zero-order valence-electron chi connectivity index (χ0n) is 15.0. The van der Waals surface area contributed by atoms with Crippen molar-refractivity contribution >= 4 is 39.2 Å². The zero-order valence-corrected chi connectivity index (χ0v) is 15.0. The normalized spacial score (nSPS) is 13.6. The van der Waals surface area contributed by atoms with Crippen LogP contribution in [0.3, 0.4) is 0 Å². The van der Waals surface area contributed by atoms with Crippen molar-refractivity contribution in [3.8, 4) is 0 Å². The number of hydrogen-bond donors (Lipinski definition) is 0. The van der Waals surface area contributed by atoms with E-state index in [1.165, 1.54) is 48.1 Å². The van der Waals surface area contributed by atoms with Crippen molar-refractivity contribution in [1.82, 2.24) is 0 Å². The first-order chi connectivity index (χ1) is 12.7. The van der Waals surface area contributed by atoms with E-state index in [2.05, 4.69) is 37.3 Å². The Balaban J connectivity index is 1.73. The highest BCUT2D eigenvalue weighted by atomic mass is 16.2. The predicted octanol–water partition coefficient (Wildman–Crippen LogP) is 5.89. The van der Waals surface area contributed by atoms with E-state index in [0.717, 1.165) is 22.8 Å². The van der Waals surface area contributed by atoms with Crippen LogP contribution in [0, 0.1) is 0 Å². The van der Waals surface area contributed by atoms with E-state index in [1.807, 2.05) is 12.1 Å². The van der Waals surface area contributed by atoms with Crippen LogP contribution < -0.4 is 0 Å². The summed E-state index contributed by atoms with van der Waals surface area (Å²) in [4.78, 5) is 23.7. The average Bonchev–Trinajstić information content (AvgIpc) is 2.65. The van der Waals surface area contributed by atoms with Gasteiger partial charge in [-0.25, -0.2) is 0 Å². The van der Waals surface area contributed by atoms with Gasteiger partial charge in [-0.05, 0) is 75.9 Å². The second kappa shape index (κ2) is 6.87. The van der Waals surface area contributed by atoms with Crippen LogP contribution in [0.25, 0.3) is 27.6 Å². The Morgan fingerprint density at radius 2 is 1.50 bits per heavy atom. The maximum atomic E-state index is 12.1. The van der Waals surface area contributed by atoms with Crippen LogP contribution in [-0.2, 0) is 11.2 Å². The van der Waals surface area contributed by atoms with Gasteiger partial charge in [0.25, 0.3) is 0 Å². The zero-order chi connectivity index (χ0) is 18.1. The molecule has 2 nitrogen and oxygen atoms in total. The number of ketones is 2. The lowest BCUT2D eigenvalue weighted by atomic mass is 9.91. The van der Waals surface area contributed by atoms with Gasteiger partial charge < -0.3 is 0 Å². The van der Waals surface area contributed by atoms with E-state index in [-0.39, 0.29) is 0 Å². The number of fused-ring (bicyclic) bond motifs is 3. The Kier molecular flexibility index (Phi) is 4.42. The molecule has 0 atom stereocenters. The quantitative estimate of drug-likeness (QED) is 0.329. The second-order valence-electron chi connectivity index (χ2n) is 7.16. The molecule has 26 heavy (non-hydrogen) atoms. The molecule has 3 aromatic rings. The first kappa shape index (κ1) is 16.7. The third-order valence-electron chi connectivity index (χ3n) is 5.23. The maximum absolute atomic E-state index is 12.1. The summed E-state index contributed by atoms with van der Waals surface area (Å²) in [5.41, 5.74) is 2.72. The SMILES string of the molecule is CCCCCCc1ccc2cc3cc4c(cc3cc2c1)C=CC(=O)C4=O. The molecule has 0 aromatic heterocycles. The molecule has 0 unspecified atom stereocenters. The fraction of sp³-hybridized carbons (Fsp3) is 0.250. The van der Waals surface area contributed by atoms with E-state index in [4.69, 9.17) is 0 Å². The van der Waals surface area contributed by atoms with Crippen molar-refractivity contribution in [2.24, 2.45) is 0 Å². The van der Waals surface area contributed by atoms with Gasteiger partial charge in [-0.15, -0.1) is 0 Å². The average molecular weight is 342 g/mol. The van der Waals surface area contributed by atoms with Gasteiger partial charge in [0.15, 0.2) is 0 Å². The summed E-state index contributed by atoms with van der Waals surface area (Å²) in [6.45, 7) is 2.23. The number of unbranched alkanes of at least 4 members (excludes halogenated alkanes) is 3. The molecule has 0 spiro atoms. The summed E-state index contributed by atoms with van der Waals surface area (Å²) in [7, 11) is 0. The van der Waals surface area contributed by atoms with Crippen molar-refractivity contribution in [1.29, 1.82) is 0 Å². The highest BCUT2D eigenvalue weighted by molar-refractivity contribution is 6.50. The number of aryl methyl sites for hydroxylation is 1. The Morgan fingerprint density at radius 1 is 0.731 bits per heavy atom. The summed E-state index contributed by atoms with van der Waals surface area (Å²) < 4.78 is 0. The molecule has 0 saturated carbocycles. The minimum absolute atomic E-state index is 0.410. The molecule has 3 aromatic carbocycles. The Bertz CT molecular complexity index is 1060. The standard InChI is InChI=1S/C24H22O2/c1-2-3-4-5-6-16-7-8-17-12-21-15-22-18(9-10-23(25)24(22)26)13-20(21)14-19(17)11-16/h7-15H,2-6H2,1H3. The highest BCUT2D eigenvalue weighted by Crippen LogP contribution is 2.29. The van der Waals surface area contributed by atoms with Gasteiger partial charge in [0.2, 0.25) is 11.6 Å². The Hall–Kier alpha value is -2.74. The predicted molar refractivity (Wildman–Crippen MR) is 108 cm³/mol. The van der Waals surface area contributed by atoms with Crippen LogP contribution in [0.4, 0.5) is 0 Å². The van der Waals surface area contributed by atoms with E-state index in [0.29, 0.717) is 5.56 Å². The summed E-state index contributed by atoms with van der Waals surface area (Å²) in [6.07, 6.45) is 9.32. The van der Waals surface area contributed by atoms with Gasteiger partial charge in [-0.2, -0.15) is 0 Å². The molecule has 0 radical (unpaired) electrons. The smallest absolute Gasteiger partial charge is 0.233 e. The number of Topliss-reactive ketones (excluding diaryl/α,β-unsaturated/α-hetero) is 1. The summed E-state index contributed by atoms with van der Waals surface area (Å²) in [5, 5.41) is 4.50. The van der Waals surface area contributed by atoms with Crippen molar-refractivity contribution in [2.45, 2.75) is 39.0 Å². The van der Waals surface area contributed by atoms with Crippen LogP contribution in [0.2, 0.25) is 0 Å². The molecule has 0 fully saturated rings. The second-order valence-corrected chi connectivity index (χ2v) is 7.16. The van der Waals surface area contributed by atoms with E-state index >= 15 is 0 Å². The number of carbonyl (C=O) groups excluding carboxylic acids is 2. The lowest BCUT2D eigenvalue weighted by Crippen LogP contribution is -2.15. The lowest BCUT2D eigenvalue weighted by molar-refractivity contribution is -0.110. The largest absolute Gasteiger partial charge is 0.286 e. The fourth-order valence-electron chi connectivity index (χ4n) is 3.74.